The third-order valence-electron chi connectivity index (χ3n) is 4.27. The first kappa shape index (κ1) is 14.3. The van der Waals surface area contributed by atoms with Crippen molar-refractivity contribution in [3.63, 3.8) is 0 Å². The quantitative estimate of drug-likeness (QED) is 0.884. The summed E-state index contributed by atoms with van der Waals surface area (Å²) in [5, 5.41) is 3.26. The molecule has 3 nitrogen and oxygen atoms in total. The van der Waals surface area contributed by atoms with E-state index in [1.54, 1.807) is 0 Å². The minimum atomic E-state index is 0.460. The minimum Gasteiger partial charge on any atom is -0.373 e. The van der Waals surface area contributed by atoms with E-state index in [1.807, 2.05) is 7.05 Å². The van der Waals surface area contributed by atoms with Gasteiger partial charge in [0.1, 0.15) is 11.6 Å². The summed E-state index contributed by atoms with van der Waals surface area (Å²) in [4.78, 5) is 9.62. The molecule has 0 saturated heterocycles. The lowest BCUT2D eigenvalue weighted by Gasteiger charge is -2.27. The largest absolute Gasteiger partial charge is 0.373 e. The first-order valence-corrected chi connectivity index (χ1v) is 7.59. The van der Waals surface area contributed by atoms with E-state index < -0.39 is 0 Å². The van der Waals surface area contributed by atoms with Crippen molar-refractivity contribution in [2.24, 2.45) is 5.92 Å². The maximum absolute atomic E-state index is 4.81. The number of hydrogen-bond donors (Lipinski definition) is 1. The molecule has 2 rings (SSSR count). The molecule has 1 aromatic rings. The van der Waals surface area contributed by atoms with Gasteiger partial charge in [-0.25, -0.2) is 9.97 Å². The van der Waals surface area contributed by atoms with Crippen molar-refractivity contribution < 1.29 is 0 Å². The summed E-state index contributed by atoms with van der Waals surface area (Å²) in [5.74, 6) is 3.90. The summed E-state index contributed by atoms with van der Waals surface area (Å²) in [6, 6.07) is 0. The Kier molecular flexibility index (Phi) is 4.43. The van der Waals surface area contributed by atoms with Crippen molar-refractivity contribution in [2.45, 2.75) is 65.2 Å². The fourth-order valence-corrected chi connectivity index (χ4v) is 3.34. The normalized spacial score (nSPS) is 23.7. The van der Waals surface area contributed by atoms with Crippen LogP contribution < -0.4 is 5.32 Å². The molecule has 1 saturated carbocycles. The Hall–Kier alpha value is -1.12. The van der Waals surface area contributed by atoms with Gasteiger partial charge < -0.3 is 5.32 Å². The van der Waals surface area contributed by atoms with Gasteiger partial charge in [-0.3, -0.25) is 0 Å². The maximum atomic E-state index is 4.81. The van der Waals surface area contributed by atoms with E-state index in [0.717, 1.165) is 23.3 Å². The molecule has 0 bridgehead atoms. The summed E-state index contributed by atoms with van der Waals surface area (Å²) >= 11 is 0. The Morgan fingerprint density at radius 2 is 1.95 bits per heavy atom. The zero-order chi connectivity index (χ0) is 14.0. The summed E-state index contributed by atoms with van der Waals surface area (Å²) < 4.78 is 0. The van der Waals surface area contributed by atoms with Crippen molar-refractivity contribution in [1.82, 2.24) is 9.97 Å². The highest BCUT2D eigenvalue weighted by molar-refractivity contribution is 5.48. The molecule has 0 aliphatic heterocycles. The molecule has 2 atom stereocenters. The number of nitrogens with one attached hydrogen (secondary N) is 1. The number of nitrogens with zero attached hydrogens (tertiary/aromatic N) is 2. The first-order chi connectivity index (χ1) is 9.02. The summed E-state index contributed by atoms with van der Waals surface area (Å²) in [5.41, 5.74) is 2.40. The first-order valence-electron chi connectivity index (χ1n) is 7.59. The van der Waals surface area contributed by atoms with E-state index in [9.17, 15) is 0 Å². The average molecular weight is 261 g/mol. The number of aromatic nitrogens is 2. The van der Waals surface area contributed by atoms with Crippen LogP contribution in [0.3, 0.4) is 0 Å². The van der Waals surface area contributed by atoms with Gasteiger partial charge in [0.25, 0.3) is 0 Å². The fraction of sp³-hybridized carbons (Fsp3) is 0.750. The van der Waals surface area contributed by atoms with Gasteiger partial charge in [-0.15, -0.1) is 0 Å². The van der Waals surface area contributed by atoms with Crippen LogP contribution in [0, 0.1) is 12.8 Å². The van der Waals surface area contributed by atoms with Gasteiger partial charge >= 0.3 is 0 Å². The highest BCUT2D eigenvalue weighted by Crippen LogP contribution is 2.36. The monoisotopic (exact) mass is 261 g/mol. The molecule has 3 heteroatoms. The molecular weight excluding hydrogens is 234 g/mol. The molecule has 0 radical (unpaired) electrons. The van der Waals surface area contributed by atoms with E-state index in [0.29, 0.717) is 11.8 Å². The van der Waals surface area contributed by atoms with Crippen molar-refractivity contribution in [3.8, 4) is 0 Å². The van der Waals surface area contributed by atoms with Crippen LogP contribution in [0.4, 0.5) is 5.82 Å². The molecule has 2 unspecified atom stereocenters. The molecule has 1 heterocycles. The van der Waals surface area contributed by atoms with Gasteiger partial charge in [-0.1, -0.05) is 33.6 Å². The molecule has 19 heavy (non-hydrogen) atoms. The van der Waals surface area contributed by atoms with Gasteiger partial charge in [-0.2, -0.15) is 0 Å². The number of anilines is 1. The highest BCUT2D eigenvalue weighted by atomic mass is 15.0. The number of rotatable bonds is 3. The second-order valence-electron chi connectivity index (χ2n) is 6.30. The number of aryl methyl sites for hydroxylation is 1. The maximum Gasteiger partial charge on any atom is 0.134 e. The van der Waals surface area contributed by atoms with E-state index in [-0.39, 0.29) is 0 Å². The Bertz CT molecular complexity index is 440. The predicted octanol–water partition coefficient (Wildman–Crippen LogP) is 4.24. The van der Waals surface area contributed by atoms with Crippen molar-refractivity contribution in [2.75, 3.05) is 12.4 Å². The second-order valence-corrected chi connectivity index (χ2v) is 6.30. The summed E-state index contributed by atoms with van der Waals surface area (Å²) in [6.07, 6.45) is 5.16. The van der Waals surface area contributed by atoms with E-state index in [2.05, 4.69) is 33.0 Å². The Labute approximate surface area is 117 Å². The predicted molar refractivity (Wildman–Crippen MR) is 80.8 cm³/mol. The van der Waals surface area contributed by atoms with Gasteiger partial charge in [-0.05, 0) is 31.6 Å². The molecule has 1 aliphatic carbocycles. The van der Waals surface area contributed by atoms with Crippen LogP contribution in [0.15, 0.2) is 0 Å². The molecule has 0 aromatic carbocycles. The van der Waals surface area contributed by atoms with Crippen molar-refractivity contribution in [1.29, 1.82) is 0 Å². The molecule has 0 amide bonds. The SMILES string of the molecule is CNc1nc(C2CCCC(C)C2)nc(C)c1C(C)C. The Morgan fingerprint density at radius 1 is 1.21 bits per heavy atom. The molecule has 1 aliphatic rings. The van der Waals surface area contributed by atoms with Crippen LogP contribution in [-0.4, -0.2) is 17.0 Å². The lowest BCUT2D eigenvalue weighted by molar-refractivity contribution is 0.335. The van der Waals surface area contributed by atoms with Gasteiger partial charge in [0.05, 0.1) is 0 Å². The van der Waals surface area contributed by atoms with Crippen LogP contribution in [0.1, 0.15) is 75.4 Å². The third kappa shape index (κ3) is 3.07. The van der Waals surface area contributed by atoms with Crippen LogP contribution in [0.25, 0.3) is 0 Å². The van der Waals surface area contributed by atoms with Crippen molar-refractivity contribution in [3.05, 3.63) is 17.1 Å². The van der Waals surface area contributed by atoms with E-state index >= 15 is 0 Å². The lowest BCUT2D eigenvalue weighted by Crippen LogP contribution is -2.17. The molecule has 1 N–H and O–H groups in total. The van der Waals surface area contributed by atoms with E-state index in [1.165, 1.54) is 31.2 Å². The second kappa shape index (κ2) is 5.89. The van der Waals surface area contributed by atoms with Gasteiger partial charge in [0.15, 0.2) is 0 Å². The summed E-state index contributed by atoms with van der Waals surface area (Å²) in [6.45, 7) is 8.87. The lowest BCUT2D eigenvalue weighted by atomic mass is 9.82. The molecule has 0 spiro atoms. The topological polar surface area (TPSA) is 37.8 Å². The average Bonchev–Trinajstić information content (AvgIpc) is 2.37. The smallest absolute Gasteiger partial charge is 0.134 e. The Balaban J connectivity index is 2.34. The van der Waals surface area contributed by atoms with Crippen LogP contribution in [0.2, 0.25) is 0 Å². The van der Waals surface area contributed by atoms with E-state index in [4.69, 9.17) is 9.97 Å². The molecule has 1 aromatic heterocycles. The minimum absolute atomic E-state index is 0.460. The summed E-state index contributed by atoms with van der Waals surface area (Å²) in [7, 11) is 1.96. The van der Waals surface area contributed by atoms with Gasteiger partial charge in [0, 0.05) is 24.2 Å². The van der Waals surface area contributed by atoms with Crippen LogP contribution in [-0.2, 0) is 0 Å². The highest BCUT2D eigenvalue weighted by Gasteiger charge is 2.24. The Morgan fingerprint density at radius 3 is 2.53 bits per heavy atom. The van der Waals surface area contributed by atoms with Gasteiger partial charge in [0.2, 0.25) is 0 Å². The third-order valence-corrected chi connectivity index (χ3v) is 4.27. The van der Waals surface area contributed by atoms with Crippen molar-refractivity contribution >= 4 is 5.82 Å². The molecule has 106 valence electrons. The number of hydrogen-bond acceptors (Lipinski definition) is 3. The van der Waals surface area contributed by atoms with Crippen LogP contribution >= 0.6 is 0 Å². The molecular formula is C16H27N3. The fourth-order valence-electron chi connectivity index (χ4n) is 3.34. The van der Waals surface area contributed by atoms with Crippen LogP contribution in [0.5, 0.6) is 0 Å². The standard InChI is InChI=1S/C16H27N3/c1-10(2)14-12(4)18-15(19-16(14)17-5)13-8-6-7-11(3)9-13/h10-11,13H,6-9H2,1-5H3,(H,17,18,19). The zero-order valence-corrected chi connectivity index (χ0v) is 13.0. The molecule has 1 fully saturated rings. The zero-order valence-electron chi connectivity index (χ0n) is 13.0.